The Balaban J connectivity index is 0.00000144. The van der Waals surface area contributed by atoms with Crippen LogP contribution in [0, 0.1) is 0 Å². The highest BCUT2D eigenvalue weighted by Gasteiger charge is 2.15. The van der Waals surface area contributed by atoms with E-state index in [4.69, 9.17) is 0 Å². The van der Waals surface area contributed by atoms with Crippen molar-refractivity contribution in [2.24, 2.45) is 0 Å². The maximum Gasteiger partial charge on any atom is 0.0366 e. The van der Waals surface area contributed by atoms with Crippen molar-refractivity contribution in [1.29, 1.82) is 0 Å². The van der Waals surface area contributed by atoms with Gasteiger partial charge in [-0.05, 0) is 50.9 Å². The van der Waals surface area contributed by atoms with E-state index in [1.54, 1.807) is 0 Å². The van der Waals surface area contributed by atoms with Crippen molar-refractivity contribution < 1.29 is 0 Å². The minimum atomic E-state index is 0. The van der Waals surface area contributed by atoms with Gasteiger partial charge in [-0.3, -0.25) is 0 Å². The van der Waals surface area contributed by atoms with E-state index in [1.165, 1.54) is 30.6 Å². The second-order valence-electron chi connectivity index (χ2n) is 4.41. The van der Waals surface area contributed by atoms with Crippen LogP contribution < -0.4 is 10.2 Å². The van der Waals surface area contributed by atoms with Gasteiger partial charge in [0, 0.05) is 24.8 Å². The molecule has 1 aromatic rings. The van der Waals surface area contributed by atoms with Crippen LogP contribution in [0.2, 0.25) is 0 Å². The van der Waals surface area contributed by atoms with Gasteiger partial charge in [-0.2, -0.15) is 0 Å². The largest absolute Gasteiger partial charge is 0.372 e. The number of rotatable bonds is 4. The zero-order chi connectivity index (χ0) is 11.4. The Morgan fingerprint density at radius 1 is 1.18 bits per heavy atom. The molecule has 1 heterocycles. The molecule has 0 unspecified atom stereocenters. The van der Waals surface area contributed by atoms with E-state index < -0.39 is 0 Å². The minimum Gasteiger partial charge on any atom is -0.372 e. The number of nitrogens with one attached hydrogen (secondary N) is 1. The topological polar surface area (TPSA) is 15.3 Å². The van der Waals surface area contributed by atoms with Gasteiger partial charge < -0.3 is 10.2 Å². The quantitative estimate of drug-likeness (QED) is 0.886. The molecule has 1 aliphatic heterocycles. The highest BCUT2D eigenvalue weighted by Crippen LogP contribution is 2.25. The molecule has 0 aliphatic carbocycles. The maximum atomic E-state index is 3.54. The molecule has 1 N–H and O–H groups in total. The van der Waals surface area contributed by atoms with Crippen LogP contribution in [0.1, 0.15) is 38.3 Å². The average molecular weight is 255 g/mol. The molecule has 0 aromatic heterocycles. The van der Waals surface area contributed by atoms with Crippen LogP contribution in [0.25, 0.3) is 0 Å². The summed E-state index contributed by atoms with van der Waals surface area (Å²) >= 11 is 0. The number of anilines is 1. The van der Waals surface area contributed by atoms with E-state index >= 15 is 0 Å². The number of halogens is 1. The lowest BCUT2D eigenvalue weighted by atomic mass is 10.0. The first-order valence-electron chi connectivity index (χ1n) is 6.43. The van der Waals surface area contributed by atoms with Crippen molar-refractivity contribution in [3.63, 3.8) is 0 Å². The van der Waals surface area contributed by atoms with Crippen LogP contribution in [-0.4, -0.2) is 19.6 Å². The summed E-state index contributed by atoms with van der Waals surface area (Å²) in [7, 11) is 0. The molecule has 0 spiro atoms. The van der Waals surface area contributed by atoms with Crippen molar-refractivity contribution >= 4 is 18.1 Å². The van der Waals surface area contributed by atoms with Gasteiger partial charge in [0.2, 0.25) is 0 Å². The summed E-state index contributed by atoms with van der Waals surface area (Å²) in [5.74, 6) is 0. The fourth-order valence-electron chi connectivity index (χ4n) is 2.48. The van der Waals surface area contributed by atoms with Crippen molar-refractivity contribution in [2.45, 2.75) is 32.7 Å². The minimum absolute atomic E-state index is 0. The highest BCUT2D eigenvalue weighted by molar-refractivity contribution is 5.85. The van der Waals surface area contributed by atoms with Crippen molar-refractivity contribution in [1.82, 2.24) is 5.32 Å². The molecule has 0 bridgehead atoms. The molecule has 2 nitrogen and oxygen atoms in total. The Kier molecular flexibility index (Phi) is 5.79. The first-order valence-corrected chi connectivity index (χ1v) is 6.43. The Morgan fingerprint density at radius 2 is 1.82 bits per heavy atom. The molecule has 96 valence electrons. The molecule has 17 heavy (non-hydrogen) atoms. The van der Waals surface area contributed by atoms with Crippen LogP contribution in [0.5, 0.6) is 0 Å². The molecule has 0 amide bonds. The Labute approximate surface area is 111 Å². The third-order valence-corrected chi connectivity index (χ3v) is 3.48. The molecule has 1 aromatic carbocycles. The lowest BCUT2D eigenvalue weighted by Crippen LogP contribution is -2.21. The van der Waals surface area contributed by atoms with Gasteiger partial charge in [-0.15, -0.1) is 12.4 Å². The highest BCUT2D eigenvalue weighted by atomic mass is 35.5. The molecule has 3 heteroatoms. The third kappa shape index (κ3) is 3.36. The lowest BCUT2D eigenvalue weighted by Gasteiger charge is -2.21. The predicted octanol–water partition coefficient (Wildman–Crippen LogP) is 3.38. The normalized spacial score (nSPS) is 18.8. The Bertz CT molecular complexity index is 292. The van der Waals surface area contributed by atoms with E-state index in [2.05, 4.69) is 48.3 Å². The molecule has 0 saturated carbocycles. The Morgan fingerprint density at radius 3 is 2.29 bits per heavy atom. The zero-order valence-corrected chi connectivity index (χ0v) is 11.6. The van der Waals surface area contributed by atoms with Crippen molar-refractivity contribution in [3.8, 4) is 0 Å². The molecular weight excluding hydrogens is 232 g/mol. The van der Waals surface area contributed by atoms with Crippen LogP contribution >= 0.6 is 12.4 Å². The van der Waals surface area contributed by atoms with Crippen molar-refractivity contribution in [2.75, 3.05) is 24.5 Å². The summed E-state index contributed by atoms with van der Waals surface area (Å²) in [6, 6.07) is 9.64. The van der Waals surface area contributed by atoms with Gasteiger partial charge in [0.05, 0.1) is 0 Å². The molecule has 0 radical (unpaired) electrons. The van der Waals surface area contributed by atoms with Crippen LogP contribution in [-0.2, 0) is 0 Å². The molecular formula is C14H23ClN2. The predicted molar refractivity (Wildman–Crippen MR) is 77.2 cm³/mol. The number of nitrogens with zero attached hydrogens (tertiary/aromatic N) is 1. The van der Waals surface area contributed by atoms with Crippen LogP contribution in [0.4, 0.5) is 5.69 Å². The molecule has 1 aliphatic rings. The monoisotopic (exact) mass is 254 g/mol. The fraction of sp³-hybridized carbons (Fsp3) is 0.571. The zero-order valence-electron chi connectivity index (χ0n) is 10.8. The molecule has 1 saturated heterocycles. The summed E-state index contributed by atoms with van der Waals surface area (Å²) in [5.41, 5.74) is 2.78. The van der Waals surface area contributed by atoms with E-state index in [-0.39, 0.29) is 12.4 Å². The van der Waals surface area contributed by atoms with Crippen molar-refractivity contribution in [3.05, 3.63) is 29.8 Å². The summed E-state index contributed by atoms with van der Waals surface area (Å²) in [4.78, 5) is 2.38. The molecule has 1 atom stereocenters. The SMILES string of the molecule is CCN(CC)c1ccc([C@H]2CCCN2)cc1.Cl. The van der Waals surface area contributed by atoms with E-state index in [1.807, 2.05) is 0 Å². The van der Waals surface area contributed by atoms with Gasteiger partial charge in [0.25, 0.3) is 0 Å². The van der Waals surface area contributed by atoms with Crippen LogP contribution in [0.15, 0.2) is 24.3 Å². The van der Waals surface area contributed by atoms with Gasteiger partial charge in [-0.25, -0.2) is 0 Å². The maximum absolute atomic E-state index is 3.54. The summed E-state index contributed by atoms with van der Waals surface area (Å²) in [6.45, 7) is 7.74. The van der Waals surface area contributed by atoms with Gasteiger partial charge in [0.1, 0.15) is 0 Å². The summed E-state index contributed by atoms with van der Waals surface area (Å²) in [5, 5.41) is 3.54. The first kappa shape index (κ1) is 14.3. The van der Waals surface area contributed by atoms with E-state index in [0.29, 0.717) is 6.04 Å². The smallest absolute Gasteiger partial charge is 0.0366 e. The van der Waals surface area contributed by atoms with Gasteiger partial charge >= 0.3 is 0 Å². The van der Waals surface area contributed by atoms with Gasteiger partial charge in [0.15, 0.2) is 0 Å². The lowest BCUT2D eigenvalue weighted by molar-refractivity contribution is 0.647. The first-order chi connectivity index (χ1) is 7.85. The summed E-state index contributed by atoms with van der Waals surface area (Å²) < 4.78 is 0. The Hall–Kier alpha value is -0.730. The number of hydrogen-bond acceptors (Lipinski definition) is 2. The second kappa shape index (κ2) is 6.87. The molecule has 2 rings (SSSR count). The van der Waals surface area contributed by atoms with Gasteiger partial charge in [-0.1, -0.05) is 12.1 Å². The number of benzene rings is 1. The number of hydrogen-bond donors (Lipinski definition) is 1. The molecule has 1 fully saturated rings. The van der Waals surface area contributed by atoms with E-state index in [0.717, 1.165) is 13.1 Å². The summed E-state index contributed by atoms with van der Waals surface area (Å²) in [6.07, 6.45) is 2.59. The van der Waals surface area contributed by atoms with E-state index in [9.17, 15) is 0 Å². The third-order valence-electron chi connectivity index (χ3n) is 3.48. The second-order valence-corrected chi connectivity index (χ2v) is 4.41. The van der Waals surface area contributed by atoms with Crippen LogP contribution in [0.3, 0.4) is 0 Å². The average Bonchev–Trinajstić information content (AvgIpc) is 2.85. The standard InChI is InChI=1S/C14H22N2.ClH/c1-3-16(4-2)13-9-7-12(8-10-13)14-6-5-11-15-14;/h7-10,14-15H,3-6,11H2,1-2H3;1H/t14-;/m1./s1. The fourth-order valence-corrected chi connectivity index (χ4v) is 2.48.